The van der Waals surface area contributed by atoms with E-state index in [9.17, 15) is 9.00 Å². The molecule has 0 radical (unpaired) electrons. The van der Waals surface area contributed by atoms with Crippen molar-refractivity contribution in [3.8, 4) is 0 Å². The number of carbonyl (C=O) groups is 1. The third kappa shape index (κ3) is 2.77. The zero-order valence-electron chi connectivity index (χ0n) is 7.83. The van der Waals surface area contributed by atoms with Crippen LogP contribution >= 0.6 is 15.9 Å². The maximum absolute atomic E-state index is 11.4. The van der Waals surface area contributed by atoms with Crippen molar-refractivity contribution in [3.63, 3.8) is 0 Å². The van der Waals surface area contributed by atoms with E-state index in [1.807, 2.05) is 6.92 Å². The second-order valence-corrected chi connectivity index (χ2v) is 6.26. The molecule has 3 unspecified atom stereocenters. The molecule has 76 valence electrons. The quantitative estimate of drug-likeness (QED) is 0.708. The summed E-state index contributed by atoms with van der Waals surface area (Å²) < 4.78 is 11.1. The molecule has 0 bridgehead atoms. The molecule has 0 N–H and O–H groups in total. The molecule has 1 fully saturated rings. The fraction of sp³-hybridized carbons (Fsp3) is 0.875. The highest BCUT2D eigenvalue weighted by Crippen LogP contribution is 2.18. The first-order valence-corrected chi connectivity index (χ1v) is 6.81. The Hall–Kier alpha value is 0.1000. The van der Waals surface area contributed by atoms with E-state index < -0.39 is 10.8 Å². The first-order chi connectivity index (χ1) is 6.02. The number of rotatable bonds is 3. The van der Waals surface area contributed by atoms with Gasteiger partial charge in [0.15, 0.2) is 0 Å². The fourth-order valence-electron chi connectivity index (χ4n) is 1.30. The number of nitrogens with zero attached hydrogens (tertiary/aromatic N) is 1. The Morgan fingerprint density at radius 2 is 2.38 bits per heavy atom. The lowest BCUT2D eigenvalue weighted by atomic mass is 10.4. The van der Waals surface area contributed by atoms with Crippen LogP contribution in [0, 0.1) is 0 Å². The lowest BCUT2D eigenvalue weighted by Crippen LogP contribution is -2.35. The van der Waals surface area contributed by atoms with E-state index in [4.69, 9.17) is 0 Å². The Morgan fingerprint density at radius 1 is 1.77 bits per heavy atom. The SMILES string of the molecule is CC(CN1CCC(Br)C1=O)S(C)=O. The van der Waals surface area contributed by atoms with Gasteiger partial charge in [0, 0.05) is 35.4 Å². The van der Waals surface area contributed by atoms with Crippen molar-refractivity contribution in [2.75, 3.05) is 19.3 Å². The molecule has 1 rings (SSSR count). The Balaban J connectivity index is 2.47. The molecule has 1 amide bonds. The highest BCUT2D eigenvalue weighted by atomic mass is 79.9. The molecule has 1 aliphatic heterocycles. The second kappa shape index (κ2) is 4.55. The van der Waals surface area contributed by atoms with Gasteiger partial charge in [0.05, 0.1) is 4.83 Å². The van der Waals surface area contributed by atoms with Gasteiger partial charge in [-0.1, -0.05) is 15.9 Å². The third-order valence-corrected chi connectivity index (χ3v) is 4.41. The maximum atomic E-state index is 11.4. The smallest absolute Gasteiger partial charge is 0.236 e. The van der Waals surface area contributed by atoms with E-state index in [0.717, 1.165) is 13.0 Å². The van der Waals surface area contributed by atoms with Crippen molar-refractivity contribution >= 4 is 32.6 Å². The zero-order chi connectivity index (χ0) is 10.0. The van der Waals surface area contributed by atoms with Crippen molar-refractivity contribution in [1.29, 1.82) is 0 Å². The van der Waals surface area contributed by atoms with Crippen LogP contribution < -0.4 is 0 Å². The minimum atomic E-state index is -0.842. The Kier molecular flexibility index (Phi) is 3.91. The molecular formula is C8H14BrNO2S. The highest BCUT2D eigenvalue weighted by molar-refractivity contribution is 9.10. The second-order valence-electron chi connectivity index (χ2n) is 3.35. The molecule has 0 spiro atoms. The predicted molar refractivity (Wildman–Crippen MR) is 57.4 cm³/mol. The van der Waals surface area contributed by atoms with E-state index >= 15 is 0 Å². The molecule has 1 saturated heterocycles. The zero-order valence-corrected chi connectivity index (χ0v) is 10.2. The van der Waals surface area contributed by atoms with Gasteiger partial charge in [0.25, 0.3) is 0 Å². The van der Waals surface area contributed by atoms with Gasteiger partial charge in [-0.3, -0.25) is 9.00 Å². The van der Waals surface area contributed by atoms with Gasteiger partial charge in [0.2, 0.25) is 5.91 Å². The summed E-state index contributed by atoms with van der Waals surface area (Å²) in [5.41, 5.74) is 0. The van der Waals surface area contributed by atoms with Crippen molar-refractivity contribution in [2.24, 2.45) is 0 Å². The van der Waals surface area contributed by atoms with Crippen LogP contribution in [0.4, 0.5) is 0 Å². The lowest BCUT2D eigenvalue weighted by molar-refractivity contribution is -0.127. The summed E-state index contributed by atoms with van der Waals surface area (Å²) in [6.45, 7) is 3.31. The van der Waals surface area contributed by atoms with Gasteiger partial charge < -0.3 is 4.90 Å². The Morgan fingerprint density at radius 3 is 2.77 bits per heavy atom. The predicted octanol–water partition coefficient (Wildman–Crippen LogP) is 0.749. The van der Waals surface area contributed by atoms with Crippen molar-refractivity contribution in [3.05, 3.63) is 0 Å². The Labute approximate surface area is 89.5 Å². The number of likely N-dealkylation sites (tertiary alicyclic amines) is 1. The average Bonchev–Trinajstić information content (AvgIpc) is 2.36. The van der Waals surface area contributed by atoms with Gasteiger partial charge >= 0.3 is 0 Å². The number of halogens is 1. The number of carbonyl (C=O) groups excluding carboxylic acids is 1. The van der Waals surface area contributed by atoms with E-state index in [2.05, 4.69) is 15.9 Å². The van der Waals surface area contributed by atoms with Crippen LogP contribution in [0.2, 0.25) is 0 Å². The topological polar surface area (TPSA) is 37.4 Å². The van der Waals surface area contributed by atoms with Crippen LogP contribution in [0.3, 0.4) is 0 Å². The molecule has 3 nitrogen and oxygen atoms in total. The molecule has 0 aromatic rings. The molecule has 13 heavy (non-hydrogen) atoms. The first kappa shape index (κ1) is 11.2. The van der Waals surface area contributed by atoms with Crippen LogP contribution in [0.5, 0.6) is 0 Å². The molecule has 0 aromatic heterocycles. The molecular weight excluding hydrogens is 254 g/mol. The Bertz CT molecular complexity index is 234. The van der Waals surface area contributed by atoms with E-state index in [1.165, 1.54) is 0 Å². The maximum Gasteiger partial charge on any atom is 0.236 e. The molecule has 5 heteroatoms. The van der Waals surface area contributed by atoms with E-state index in [-0.39, 0.29) is 16.0 Å². The first-order valence-electron chi connectivity index (χ1n) is 4.27. The van der Waals surface area contributed by atoms with Crippen molar-refractivity contribution < 1.29 is 9.00 Å². The highest BCUT2D eigenvalue weighted by Gasteiger charge is 2.30. The van der Waals surface area contributed by atoms with Crippen LogP contribution in [-0.4, -0.2) is 44.4 Å². The molecule has 0 aliphatic carbocycles. The molecule has 0 saturated carbocycles. The largest absolute Gasteiger partial charge is 0.340 e. The molecule has 3 atom stereocenters. The summed E-state index contributed by atoms with van der Waals surface area (Å²) in [5, 5.41) is 0.0711. The average molecular weight is 268 g/mol. The number of hydrogen-bond acceptors (Lipinski definition) is 2. The normalized spacial score (nSPS) is 27.8. The summed E-state index contributed by atoms with van der Waals surface area (Å²) in [4.78, 5) is 13.2. The number of alkyl halides is 1. The van der Waals surface area contributed by atoms with Gasteiger partial charge in [-0.05, 0) is 13.3 Å². The van der Waals surface area contributed by atoms with Gasteiger partial charge in [-0.15, -0.1) is 0 Å². The van der Waals surface area contributed by atoms with Crippen LogP contribution in [0.15, 0.2) is 0 Å². The van der Waals surface area contributed by atoms with Gasteiger partial charge in [0.1, 0.15) is 0 Å². The molecule has 1 aliphatic rings. The standard InChI is InChI=1S/C8H14BrNO2S/c1-6(13(2)12)5-10-4-3-7(9)8(10)11/h6-7H,3-5H2,1-2H3. The van der Waals surface area contributed by atoms with Gasteiger partial charge in [-0.2, -0.15) is 0 Å². The van der Waals surface area contributed by atoms with E-state index in [0.29, 0.717) is 6.54 Å². The van der Waals surface area contributed by atoms with Crippen LogP contribution in [0.25, 0.3) is 0 Å². The van der Waals surface area contributed by atoms with Crippen molar-refractivity contribution in [1.82, 2.24) is 4.90 Å². The number of hydrogen-bond donors (Lipinski definition) is 0. The lowest BCUT2D eigenvalue weighted by Gasteiger charge is -2.19. The molecule has 0 aromatic carbocycles. The summed E-state index contributed by atoms with van der Waals surface area (Å²) in [6, 6.07) is 0. The number of amides is 1. The summed E-state index contributed by atoms with van der Waals surface area (Å²) in [5.74, 6) is 0.136. The third-order valence-electron chi connectivity index (χ3n) is 2.28. The summed E-state index contributed by atoms with van der Waals surface area (Å²) >= 11 is 3.30. The van der Waals surface area contributed by atoms with Crippen LogP contribution in [-0.2, 0) is 15.6 Å². The summed E-state index contributed by atoms with van der Waals surface area (Å²) in [7, 11) is -0.842. The minimum Gasteiger partial charge on any atom is -0.340 e. The minimum absolute atomic E-state index is 0.0232. The van der Waals surface area contributed by atoms with Crippen LogP contribution in [0.1, 0.15) is 13.3 Å². The van der Waals surface area contributed by atoms with Gasteiger partial charge in [-0.25, -0.2) is 0 Å². The van der Waals surface area contributed by atoms with Crippen molar-refractivity contribution in [2.45, 2.75) is 23.4 Å². The molecule has 1 heterocycles. The fourth-order valence-corrected chi connectivity index (χ4v) is 2.18. The monoisotopic (exact) mass is 267 g/mol. The summed E-state index contributed by atoms with van der Waals surface area (Å²) in [6.07, 6.45) is 2.54. The van der Waals surface area contributed by atoms with E-state index in [1.54, 1.807) is 11.2 Å².